The zero-order chi connectivity index (χ0) is 30.9. The number of fused-ring (bicyclic) bond motifs is 2. The largest absolute Gasteiger partial charge is 0.493 e. The van der Waals surface area contributed by atoms with Crippen LogP contribution in [0.15, 0.2) is 71.6 Å². The van der Waals surface area contributed by atoms with Crippen LogP contribution < -0.4 is 10.1 Å². The number of piperidine rings is 1. The number of rotatable bonds is 7. The molecule has 0 spiro atoms. The Kier molecular flexibility index (Phi) is 8.72. The van der Waals surface area contributed by atoms with Crippen molar-refractivity contribution in [3.8, 4) is 5.75 Å². The van der Waals surface area contributed by atoms with E-state index in [1.807, 2.05) is 24.3 Å². The average molecular weight is 628 g/mol. The number of likely N-dealkylation sites (tertiary alicyclic amines) is 1. The van der Waals surface area contributed by atoms with Crippen LogP contribution in [0.4, 0.5) is 13.2 Å². The highest BCUT2D eigenvalue weighted by Crippen LogP contribution is 2.39. The quantitative estimate of drug-likeness (QED) is 0.347. The van der Waals surface area contributed by atoms with Gasteiger partial charge in [0.15, 0.2) is 0 Å². The third-order valence-electron chi connectivity index (χ3n) is 8.82. The molecule has 6 rings (SSSR count). The molecule has 3 aromatic rings. The number of hydrogen-bond acceptors (Lipinski definition) is 5. The van der Waals surface area contributed by atoms with E-state index in [-0.39, 0.29) is 24.9 Å². The van der Waals surface area contributed by atoms with Crippen molar-refractivity contribution in [1.29, 1.82) is 0 Å². The molecule has 1 fully saturated rings. The summed E-state index contributed by atoms with van der Waals surface area (Å²) in [5.41, 5.74) is 2.59. The lowest BCUT2D eigenvalue weighted by Gasteiger charge is -2.36. The Labute approximate surface area is 256 Å². The normalized spacial score (nSPS) is 21.2. The van der Waals surface area contributed by atoms with Crippen molar-refractivity contribution >= 4 is 15.9 Å². The van der Waals surface area contributed by atoms with Crippen molar-refractivity contribution in [2.75, 3.05) is 26.2 Å². The predicted octanol–water partition coefficient (Wildman–Crippen LogP) is 6.01. The fraction of sp³-hybridized carbons (Fsp3) is 0.424. The molecule has 2 unspecified atom stereocenters. The average Bonchev–Trinajstić information content (AvgIpc) is 3.01. The molecular formula is C33H36F3N3O4S. The maximum Gasteiger partial charge on any atom is 0.416 e. The third kappa shape index (κ3) is 6.50. The number of nitrogens with one attached hydrogen (secondary N) is 1. The number of alkyl halides is 3. The summed E-state index contributed by atoms with van der Waals surface area (Å²) in [6.07, 6.45) is -0.216. The molecule has 0 saturated carbocycles. The van der Waals surface area contributed by atoms with Crippen molar-refractivity contribution in [2.45, 2.75) is 68.2 Å². The van der Waals surface area contributed by atoms with Crippen molar-refractivity contribution < 1.29 is 31.1 Å². The molecule has 3 aliphatic heterocycles. The number of hydrogen-bond donors (Lipinski definition) is 1. The minimum Gasteiger partial charge on any atom is -0.493 e. The summed E-state index contributed by atoms with van der Waals surface area (Å²) in [6.45, 7) is 3.51. The summed E-state index contributed by atoms with van der Waals surface area (Å²) in [5.74, 6) is 0.402. The van der Waals surface area contributed by atoms with Gasteiger partial charge in [0.1, 0.15) is 5.75 Å². The highest BCUT2D eigenvalue weighted by molar-refractivity contribution is 7.89. The van der Waals surface area contributed by atoms with Crippen molar-refractivity contribution in [1.82, 2.24) is 14.5 Å². The molecule has 11 heteroatoms. The summed E-state index contributed by atoms with van der Waals surface area (Å²) >= 11 is 0. The Morgan fingerprint density at radius 2 is 1.73 bits per heavy atom. The van der Waals surface area contributed by atoms with E-state index in [1.165, 1.54) is 29.6 Å². The maximum absolute atomic E-state index is 13.8. The van der Waals surface area contributed by atoms with E-state index in [9.17, 15) is 26.4 Å². The molecule has 1 N–H and O–H groups in total. The Hall–Kier alpha value is -3.41. The molecule has 1 amide bonds. The Bertz CT molecular complexity index is 1620. The summed E-state index contributed by atoms with van der Waals surface area (Å²) in [5, 5.41) is 3.10. The van der Waals surface area contributed by atoms with Crippen LogP contribution >= 0.6 is 0 Å². The number of nitrogens with zero attached hydrogens (tertiary/aromatic N) is 2. The van der Waals surface area contributed by atoms with Gasteiger partial charge in [0.05, 0.1) is 29.1 Å². The smallest absolute Gasteiger partial charge is 0.416 e. The zero-order valence-electron chi connectivity index (χ0n) is 24.4. The SMILES string of the molecule is O=C(CC1c2ccccc2CCN1S(=O)(=O)c1cccc(C(F)(F)F)c1)NC1CCOc2cc(CN3CCCCC3)ccc21. The highest BCUT2D eigenvalue weighted by Gasteiger charge is 2.39. The van der Waals surface area contributed by atoms with Crippen molar-refractivity contribution in [3.05, 3.63) is 94.5 Å². The molecule has 3 aromatic carbocycles. The van der Waals surface area contributed by atoms with Crippen LogP contribution in [-0.2, 0) is 34.0 Å². The fourth-order valence-electron chi connectivity index (χ4n) is 6.58. The molecule has 234 valence electrons. The molecule has 0 aromatic heterocycles. The predicted molar refractivity (Wildman–Crippen MR) is 159 cm³/mol. The van der Waals surface area contributed by atoms with Gasteiger partial charge in [0, 0.05) is 31.5 Å². The number of benzene rings is 3. The van der Waals surface area contributed by atoms with Gasteiger partial charge < -0.3 is 10.1 Å². The summed E-state index contributed by atoms with van der Waals surface area (Å²) < 4.78 is 75.0. The van der Waals surface area contributed by atoms with E-state index in [4.69, 9.17) is 4.74 Å². The van der Waals surface area contributed by atoms with E-state index in [1.54, 1.807) is 12.1 Å². The standard InChI is InChI=1S/C33H36F3N3O4S/c34-33(35,36)25-8-6-9-26(20-25)44(41,42)39-17-13-24-7-2-3-10-27(24)30(39)21-32(40)37-29-14-18-43-31-19-23(11-12-28(29)31)22-38-15-4-1-5-16-38/h2-3,6-12,19-20,29-30H,1,4-5,13-18,21-22H2,(H,37,40). The third-order valence-corrected chi connectivity index (χ3v) is 10.7. The molecule has 3 aliphatic rings. The lowest BCUT2D eigenvalue weighted by molar-refractivity contribution is -0.137. The number of ether oxygens (including phenoxy) is 1. The van der Waals surface area contributed by atoms with Crippen LogP contribution in [0.2, 0.25) is 0 Å². The molecular weight excluding hydrogens is 591 g/mol. The van der Waals surface area contributed by atoms with Gasteiger partial charge in [-0.25, -0.2) is 8.42 Å². The van der Waals surface area contributed by atoms with Crippen molar-refractivity contribution in [3.63, 3.8) is 0 Å². The summed E-state index contributed by atoms with van der Waals surface area (Å²) in [7, 11) is -4.35. The molecule has 44 heavy (non-hydrogen) atoms. The first-order valence-electron chi connectivity index (χ1n) is 15.1. The van der Waals surface area contributed by atoms with Crippen LogP contribution in [0, 0.1) is 0 Å². The van der Waals surface area contributed by atoms with E-state index < -0.39 is 32.7 Å². The van der Waals surface area contributed by atoms with E-state index in [0.717, 1.165) is 54.2 Å². The summed E-state index contributed by atoms with van der Waals surface area (Å²) in [4.78, 5) is 15.6. The van der Waals surface area contributed by atoms with Gasteiger partial charge in [-0.1, -0.05) is 48.9 Å². The monoisotopic (exact) mass is 627 g/mol. The number of carbonyl (C=O) groups is 1. The van der Waals surface area contributed by atoms with E-state index in [0.29, 0.717) is 31.1 Å². The second-order valence-electron chi connectivity index (χ2n) is 11.8. The first-order chi connectivity index (χ1) is 21.1. The van der Waals surface area contributed by atoms with E-state index >= 15 is 0 Å². The Balaban J connectivity index is 1.22. The first-order valence-corrected chi connectivity index (χ1v) is 16.6. The summed E-state index contributed by atoms with van der Waals surface area (Å²) in [6, 6.07) is 16.0. The van der Waals surface area contributed by atoms with Crippen LogP contribution in [-0.4, -0.2) is 49.8 Å². The van der Waals surface area contributed by atoms with Gasteiger partial charge >= 0.3 is 6.18 Å². The van der Waals surface area contributed by atoms with Gasteiger partial charge in [-0.05, 0) is 73.3 Å². The minimum absolute atomic E-state index is 0.0490. The number of halogens is 3. The van der Waals surface area contributed by atoms with Gasteiger partial charge in [-0.2, -0.15) is 17.5 Å². The van der Waals surface area contributed by atoms with Gasteiger partial charge in [0.2, 0.25) is 15.9 Å². The number of sulfonamides is 1. The van der Waals surface area contributed by atoms with Crippen LogP contribution in [0.3, 0.4) is 0 Å². The van der Waals surface area contributed by atoms with Crippen LogP contribution in [0.1, 0.15) is 72.0 Å². The minimum atomic E-state index is -4.69. The molecule has 2 atom stereocenters. The second kappa shape index (κ2) is 12.5. The maximum atomic E-state index is 13.8. The zero-order valence-corrected chi connectivity index (χ0v) is 25.2. The molecule has 3 heterocycles. The topological polar surface area (TPSA) is 79.0 Å². The number of carbonyl (C=O) groups excluding carboxylic acids is 1. The van der Waals surface area contributed by atoms with Gasteiger partial charge in [-0.3, -0.25) is 9.69 Å². The molecule has 0 bridgehead atoms. The van der Waals surface area contributed by atoms with Crippen LogP contribution in [0.5, 0.6) is 5.75 Å². The van der Waals surface area contributed by atoms with Gasteiger partial charge in [0.25, 0.3) is 0 Å². The second-order valence-corrected chi connectivity index (χ2v) is 13.7. The van der Waals surface area contributed by atoms with Crippen molar-refractivity contribution in [2.24, 2.45) is 0 Å². The molecule has 0 aliphatic carbocycles. The van der Waals surface area contributed by atoms with Crippen LogP contribution in [0.25, 0.3) is 0 Å². The molecule has 7 nitrogen and oxygen atoms in total. The molecule has 1 saturated heterocycles. The molecule has 0 radical (unpaired) electrons. The van der Waals surface area contributed by atoms with Gasteiger partial charge in [-0.15, -0.1) is 0 Å². The lowest BCUT2D eigenvalue weighted by atomic mass is 9.92. The first kappa shape index (κ1) is 30.6. The number of amides is 1. The fourth-order valence-corrected chi connectivity index (χ4v) is 8.24. The van der Waals surface area contributed by atoms with E-state index in [2.05, 4.69) is 16.3 Å². The Morgan fingerprint density at radius 3 is 2.52 bits per heavy atom. The highest BCUT2D eigenvalue weighted by atomic mass is 32.2. The lowest BCUT2D eigenvalue weighted by Crippen LogP contribution is -2.43. The Morgan fingerprint density at radius 1 is 0.932 bits per heavy atom.